The molecule has 0 fully saturated rings. The van der Waals surface area contributed by atoms with Gasteiger partial charge in [-0.1, -0.05) is 12.7 Å². The van der Waals surface area contributed by atoms with Crippen LogP contribution in [0.3, 0.4) is 0 Å². The van der Waals surface area contributed by atoms with Gasteiger partial charge in [0.25, 0.3) is 0 Å². The number of ether oxygens (including phenoxy) is 4. The summed E-state index contributed by atoms with van der Waals surface area (Å²) < 4.78 is 21.3. The van der Waals surface area contributed by atoms with Gasteiger partial charge < -0.3 is 18.9 Å². The van der Waals surface area contributed by atoms with Gasteiger partial charge >= 0.3 is 0 Å². The summed E-state index contributed by atoms with van der Waals surface area (Å²) in [6, 6.07) is 10.4. The number of rotatable bonds is 9. The van der Waals surface area contributed by atoms with Crippen LogP contribution < -0.4 is 18.9 Å². The van der Waals surface area contributed by atoms with Crippen LogP contribution in [0.1, 0.15) is 15.9 Å². The van der Waals surface area contributed by atoms with Gasteiger partial charge in [-0.2, -0.15) is 0 Å². The first-order chi connectivity index (χ1) is 12.6. The van der Waals surface area contributed by atoms with E-state index in [1.165, 1.54) is 6.08 Å². The maximum atomic E-state index is 12.4. The van der Waals surface area contributed by atoms with Gasteiger partial charge in [0.15, 0.2) is 17.3 Å². The summed E-state index contributed by atoms with van der Waals surface area (Å²) in [5.41, 5.74) is 1.27. The van der Waals surface area contributed by atoms with Crippen LogP contribution in [0.25, 0.3) is 6.08 Å². The Morgan fingerprint density at radius 1 is 0.962 bits per heavy atom. The predicted octanol–water partition coefficient (Wildman–Crippen LogP) is 4.17. The summed E-state index contributed by atoms with van der Waals surface area (Å²) in [5, 5.41) is 0. The normalized spacial score (nSPS) is 10.4. The number of hydrogen-bond donors (Lipinski definition) is 0. The maximum absolute atomic E-state index is 12.4. The van der Waals surface area contributed by atoms with Crippen LogP contribution in [0.2, 0.25) is 0 Å². The minimum atomic E-state index is -0.128. The largest absolute Gasteiger partial charge is 0.496 e. The van der Waals surface area contributed by atoms with Crippen LogP contribution in [-0.4, -0.2) is 33.7 Å². The van der Waals surface area contributed by atoms with Crippen molar-refractivity contribution in [2.24, 2.45) is 0 Å². The van der Waals surface area contributed by atoms with E-state index in [0.717, 1.165) is 0 Å². The lowest BCUT2D eigenvalue weighted by atomic mass is 10.1. The average Bonchev–Trinajstić information content (AvgIpc) is 2.69. The van der Waals surface area contributed by atoms with Gasteiger partial charge in [-0.05, 0) is 42.5 Å². The Bertz CT molecular complexity index is 791. The molecule has 0 aliphatic rings. The Balaban J connectivity index is 2.20. The van der Waals surface area contributed by atoms with Crippen LogP contribution in [0.15, 0.2) is 55.1 Å². The first-order valence-electron chi connectivity index (χ1n) is 7.99. The second-order valence-electron chi connectivity index (χ2n) is 5.27. The van der Waals surface area contributed by atoms with E-state index in [0.29, 0.717) is 40.7 Å². The summed E-state index contributed by atoms with van der Waals surface area (Å²) in [5.74, 6) is 2.26. The van der Waals surface area contributed by atoms with Gasteiger partial charge in [0.2, 0.25) is 0 Å². The molecular weight excluding hydrogens is 332 g/mol. The molecule has 0 amide bonds. The quantitative estimate of drug-likeness (QED) is 0.384. The molecule has 0 bridgehead atoms. The molecule has 0 N–H and O–H groups in total. The highest BCUT2D eigenvalue weighted by Crippen LogP contribution is 2.35. The van der Waals surface area contributed by atoms with E-state index in [1.54, 1.807) is 69.9 Å². The summed E-state index contributed by atoms with van der Waals surface area (Å²) in [7, 11) is 4.67. The topological polar surface area (TPSA) is 54.0 Å². The van der Waals surface area contributed by atoms with Gasteiger partial charge in [0.1, 0.15) is 18.1 Å². The van der Waals surface area contributed by atoms with Gasteiger partial charge in [-0.3, -0.25) is 4.79 Å². The lowest BCUT2D eigenvalue weighted by molar-refractivity contribution is 0.104. The summed E-state index contributed by atoms with van der Waals surface area (Å²) in [4.78, 5) is 12.4. The third-order valence-electron chi connectivity index (χ3n) is 3.66. The van der Waals surface area contributed by atoms with Crippen molar-refractivity contribution >= 4 is 11.9 Å². The lowest BCUT2D eigenvalue weighted by Gasteiger charge is -2.12. The number of hydrogen-bond acceptors (Lipinski definition) is 5. The van der Waals surface area contributed by atoms with Crippen molar-refractivity contribution in [1.82, 2.24) is 0 Å². The fourth-order valence-corrected chi connectivity index (χ4v) is 2.32. The summed E-state index contributed by atoms with van der Waals surface area (Å²) in [6.45, 7) is 4.02. The third kappa shape index (κ3) is 4.66. The molecule has 136 valence electrons. The molecule has 0 unspecified atom stereocenters. The molecule has 26 heavy (non-hydrogen) atoms. The maximum Gasteiger partial charge on any atom is 0.185 e. The Morgan fingerprint density at radius 3 is 2.15 bits per heavy atom. The zero-order valence-corrected chi connectivity index (χ0v) is 15.2. The molecule has 0 atom stereocenters. The number of carbonyl (C=O) groups excluding carboxylic acids is 1. The fraction of sp³-hybridized carbons (Fsp3) is 0.190. The van der Waals surface area contributed by atoms with E-state index in [-0.39, 0.29) is 5.78 Å². The first-order valence-corrected chi connectivity index (χ1v) is 7.99. The Hall–Kier alpha value is -3.21. The van der Waals surface area contributed by atoms with Crippen LogP contribution in [-0.2, 0) is 0 Å². The highest BCUT2D eigenvalue weighted by Gasteiger charge is 2.10. The lowest BCUT2D eigenvalue weighted by Crippen LogP contribution is -1.97. The molecule has 0 aromatic heterocycles. The number of carbonyl (C=O) groups is 1. The van der Waals surface area contributed by atoms with Crippen LogP contribution in [0.4, 0.5) is 0 Å². The Morgan fingerprint density at radius 2 is 1.58 bits per heavy atom. The van der Waals surface area contributed by atoms with E-state index < -0.39 is 0 Å². The summed E-state index contributed by atoms with van der Waals surface area (Å²) in [6.07, 6.45) is 4.84. The highest BCUT2D eigenvalue weighted by molar-refractivity contribution is 6.07. The van der Waals surface area contributed by atoms with Crippen molar-refractivity contribution in [2.75, 3.05) is 27.9 Å². The van der Waals surface area contributed by atoms with E-state index in [1.807, 2.05) is 0 Å². The molecule has 0 saturated heterocycles. The average molecular weight is 354 g/mol. The predicted molar refractivity (Wildman–Crippen MR) is 102 cm³/mol. The zero-order chi connectivity index (χ0) is 18.9. The van der Waals surface area contributed by atoms with Crippen LogP contribution >= 0.6 is 0 Å². The van der Waals surface area contributed by atoms with Crippen molar-refractivity contribution in [1.29, 1.82) is 0 Å². The van der Waals surface area contributed by atoms with Crippen molar-refractivity contribution in [2.45, 2.75) is 0 Å². The molecule has 2 rings (SSSR count). The number of allylic oxidation sites excluding steroid dienone is 1. The molecule has 0 aliphatic carbocycles. The molecule has 0 aliphatic heterocycles. The van der Waals surface area contributed by atoms with E-state index in [2.05, 4.69) is 6.58 Å². The Labute approximate surface area is 153 Å². The van der Waals surface area contributed by atoms with Crippen molar-refractivity contribution < 1.29 is 23.7 Å². The second-order valence-corrected chi connectivity index (χ2v) is 5.27. The Kier molecular flexibility index (Phi) is 6.85. The fourth-order valence-electron chi connectivity index (χ4n) is 2.32. The van der Waals surface area contributed by atoms with E-state index >= 15 is 0 Å². The monoisotopic (exact) mass is 354 g/mol. The zero-order valence-electron chi connectivity index (χ0n) is 15.2. The van der Waals surface area contributed by atoms with E-state index in [4.69, 9.17) is 18.9 Å². The second kappa shape index (κ2) is 9.32. The third-order valence-corrected chi connectivity index (χ3v) is 3.66. The molecular formula is C21H22O5. The SMILES string of the molecule is C=CCOc1ccc(C(=O)C=Cc2cc(OC)c(OC)cc2OC)cc1. The van der Waals surface area contributed by atoms with Gasteiger partial charge in [0.05, 0.1) is 21.3 Å². The standard InChI is InChI=1S/C21H22O5/c1-5-12-26-17-9-6-15(7-10-17)18(22)11-8-16-13-20(24-3)21(25-4)14-19(16)23-2/h5-11,13-14H,1,12H2,2-4H3. The molecule has 0 radical (unpaired) electrons. The molecule has 2 aromatic rings. The highest BCUT2D eigenvalue weighted by atomic mass is 16.5. The van der Waals surface area contributed by atoms with Crippen molar-refractivity contribution in [3.63, 3.8) is 0 Å². The molecule has 5 nitrogen and oxygen atoms in total. The van der Waals surface area contributed by atoms with Gasteiger partial charge in [-0.25, -0.2) is 0 Å². The van der Waals surface area contributed by atoms with Gasteiger partial charge in [0, 0.05) is 17.2 Å². The molecule has 0 saturated carbocycles. The molecule has 0 spiro atoms. The first kappa shape index (κ1) is 19.1. The minimum absolute atomic E-state index is 0.128. The molecule has 5 heteroatoms. The molecule has 2 aromatic carbocycles. The minimum Gasteiger partial charge on any atom is -0.496 e. The van der Waals surface area contributed by atoms with Crippen molar-refractivity contribution in [3.8, 4) is 23.0 Å². The van der Waals surface area contributed by atoms with Crippen LogP contribution in [0, 0.1) is 0 Å². The number of benzene rings is 2. The van der Waals surface area contributed by atoms with Crippen LogP contribution in [0.5, 0.6) is 23.0 Å². The number of methoxy groups -OCH3 is 3. The molecule has 0 heterocycles. The van der Waals surface area contributed by atoms with Gasteiger partial charge in [-0.15, -0.1) is 0 Å². The smallest absolute Gasteiger partial charge is 0.185 e. The van der Waals surface area contributed by atoms with Crippen molar-refractivity contribution in [3.05, 3.63) is 66.3 Å². The summed E-state index contributed by atoms with van der Waals surface area (Å²) >= 11 is 0. The van der Waals surface area contributed by atoms with E-state index in [9.17, 15) is 4.79 Å². The number of ketones is 1.